The quantitative estimate of drug-likeness (QED) is 0.453. The van der Waals surface area contributed by atoms with Gasteiger partial charge in [0.1, 0.15) is 0 Å². The fourth-order valence-electron chi connectivity index (χ4n) is 1.46. The number of fused-ring (bicyclic) bond motifs is 1. The molecule has 0 atom stereocenters. The van der Waals surface area contributed by atoms with Gasteiger partial charge in [0.05, 0.1) is 16.4 Å². The Hall–Kier alpha value is -2.27. The van der Waals surface area contributed by atoms with Gasteiger partial charge in [-0.3, -0.25) is 14.7 Å². The van der Waals surface area contributed by atoms with E-state index < -0.39 is 20.8 Å². The number of rotatable bonds is 5. The Bertz CT molecular complexity index is 724. The van der Waals surface area contributed by atoms with Crippen LogP contribution in [0.5, 0.6) is 0 Å². The number of benzene rings is 1. The molecule has 2 aromatic rings. The third-order valence-corrected chi connectivity index (χ3v) is 2.99. The molecule has 0 aliphatic heterocycles. The van der Waals surface area contributed by atoms with Crippen LogP contribution in [-0.4, -0.2) is 40.5 Å². The molecule has 10 nitrogen and oxygen atoms in total. The Morgan fingerprint density at radius 2 is 2.05 bits per heavy atom. The van der Waals surface area contributed by atoms with Crippen molar-refractivity contribution in [2.75, 3.05) is 17.6 Å². The Balaban J connectivity index is 2.28. The first-order valence-corrected chi connectivity index (χ1v) is 6.58. The number of hydrogen-bond donors (Lipinski definition) is 2. The summed E-state index contributed by atoms with van der Waals surface area (Å²) < 4.78 is 34.1. The first kappa shape index (κ1) is 13.2. The molecular formula is C8H8N4O6S. The fourth-order valence-corrected chi connectivity index (χ4v) is 1.82. The number of hydrogen-bond acceptors (Lipinski definition) is 8. The molecule has 1 aromatic carbocycles. The van der Waals surface area contributed by atoms with Crippen LogP contribution in [-0.2, 0) is 10.1 Å². The molecule has 0 unspecified atom stereocenters. The minimum atomic E-state index is -4.09. The summed E-state index contributed by atoms with van der Waals surface area (Å²) in [5.41, 5.74) is 0.133. The number of nitrogens with one attached hydrogen (secondary N) is 1. The smallest absolute Gasteiger partial charge is 0.300 e. The van der Waals surface area contributed by atoms with Gasteiger partial charge in [-0.2, -0.15) is 8.42 Å². The SMILES string of the molecule is O=[N+]([O-])c1ccc(NCCS(=O)(=O)O)c2nonc12. The van der Waals surface area contributed by atoms with E-state index in [1.165, 1.54) is 12.1 Å². The van der Waals surface area contributed by atoms with Gasteiger partial charge in [-0.05, 0) is 16.4 Å². The number of aromatic nitrogens is 2. The lowest BCUT2D eigenvalue weighted by Crippen LogP contribution is -2.14. The van der Waals surface area contributed by atoms with E-state index in [0.717, 1.165) is 0 Å². The van der Waals surface area contributed by atoms with Crippen LogP contribution in [0, 0.1) is 10.1 Å². The molecule has 0 spiro atoms. The van der Waals surface area contributed by atoms with Crippen molar-refractivity contribution in [1.82, 2.24) is 10.3 Å². The summed E-state index contributed by atoms with van der Waals surface area (Å²) in [6.07, 6.45) is 0. The standard InChI is InChI=1S/C8H8N4O6S/c13-12(14)6-2-1-5(7-8(6)11-18-10-7)9-3-4-19(15,16)17/h1-2,9H,3-4H2,(H,15,16,17). The van der Waals surface area contributed by atoms with E-state index in [-0.39, 0.29) is 23.3 Å². The monoisotopic (exact) mass is 288 g/mol. The van der Waals surface area contributed by atoms with Crippen LogP contribution in [0.1, 0.15) is 0 Å². The van der Waals surface area contributed by atoms with Crippen LogP contribution in [0.15, 0.2) is 16.8 Å². The highest BCUT2D eigenvalue weighted by Crippen LogP contribution is 2.28. The predicted octanol–water partition coefficient (Wildman–Crippen LogP) is 0.431. The lowest BCUT2D eigenvalue weighted by Gasteiger charge is -2.04. The van der Waals surface area contributed by atoms with E-state index in [9.17, 15) is 18.5 Å². The molecule has 2 N–H and O–H groups in total. The van der Waals surface area contributed by atoms with Crippen molar-refractivity contribution in [2.24, 2.45) is 0 Å². The molecule has 1 heterocycles. The van der Waals surface area contributed by atoms with Crippen molar-refractivity contribution in [1.29, 1.82) is 0 Å². The Labute approximate surface area is 106 Å². The molecule has 1 aromatic heterocycles. The van der Waals surface area contributed by atoms with Crippen LogP contribution in [0.25, 0.3) is 11.0 Å². The zero-order valence-corrected chi connectivity index (χ0v) is 10.1. The van der Waals surface area contributed by atoms with Gasteiger partial charge in [-0.1, -0.05) is 0 Å². The Morgan fingerprint density at radius 3 is 2.68 bits per heavy atom. The highest BCUT2D eigenvalue weighted by molar-refractivity contribution is 7.85. The van der Waals surface area contributed by atoms with Crippen LogP contribution >= 0.6 is 0 Å². The normalized spacial score (nSPS) is 11.6. The maximum absolute atomic E-state index is 10.7. The first-order chi connectivity index (χ1) is 8.88. The van der Waals surface area contributed by atoms with Crippen LogP contribution < -0.4 is 5.32 Å². The highest BCUT2D eigenvalue weighted by Gasteiger charge is 2.19. The number of nitro benzene ring substituents is 1. The average molecular weight is 288 g/mol. The molecule has 0 aliphatic rings. The summed E-state index contributed by atoms with van der Waals surface area (Å²) in [5.74, 6) is -0.503. The van der Waals surface area contributed by atoms with Gasteiger partial charge in [-0.15, -0.1) is 0 Å². The first-order valence-electron chi connectivity index (χ1n) is 4.97. The van der Waals surface area contributed by atoms with E-state index in [1.807, 2.05) is 0 Å². The largest absolute Gasteiger partial charge is 0.382 e. The minimum absolute atomic E-state index is 0.0399. The molecule has 2 rings (SSSR count). The second-order valence-electron chi connectivity index (χ2n) is 3.56. The zero-order valence-electron chi connectivity index (χ0n) is 9.31. The number of non-ortho nitro benzene ring substituents is 1. The Morgan fingerprint density at radius 1 is 1.37 bits per heavy atom. The van der Waals surface area contributed by atoms with Crippen LogP contribution in [0.4, 0.5) is 11.4 Å². The number of nitro groups is 1. The maximum Gasteiger partial charge on any atom is 0.300 e. The van der Waals surface area contributed by atoms with Crippen molar-refractivity contribution in [3.05, 3.63) is 22.2 Å². The predicted molar refractivity (Wildman–Crippen MR) is 63.4 cm³/mol. The minimum Gasteiger partial charge on any atom is -0.382 e. The summed E-state index contributed by atoms with van der Waals surface area (Å²) in [5, 5.41) is 20.3. The van der Waals surface area contributed by atoms with Crippen LogP contribution in [0.2, 0.25) is 0 Å². The summed E-state index contributed by atoms with van der Waals surface area (Å²) in [6, 6.07) is 2.55. The summed E-state index contributed by atoms with van der Waals surface area (Å²) in [7, 11) is -4.09. The van der Waals surface area contributed by atoms with E-state index in [0.29, 0.717) is 5.69 Å². The number of nitrogens with zero attached hydrogens (tertiary/aromatic N) is 3. The zero-order chi connectivity index (χ0) is 14.0. The van der Waals surface area contributed by atoms with Gasteiger partial charge < -0.3 is 5.32 Å². The van der Waals surface area contributed by atoms with Crippen molar-refractivity contribution < 1.29 is 22.5 Å². The van der Waals surface area contributed by atoms with E-state index in [4.69, 9.17) is 4.55 Å². The molecule has 0 fully saturated rings. The molecular weight excluding hydrogens is 280 g/mol. The fraction of sp³-hybridized carbons (Fsp3) is 0.250. The maximum atomic E-state index is 10.7. The van der Waals surface area contributed by atoms with Crippen molar-refractivity contribution in [3.8, 4) is 0 Å². The van der Waals surface area contributed by atoms with Crippen molar-refractivity contribution in [3.63, 3.8) is 0 Å². The molecule has 0 bridgehead atoms. The van der Waals surface area contributed by atoms with Crippen LogP contribution in [0.3, 0.4) is 0 Å². The molecule has 0 aliphatic carbocycles. The van der Waals surface area contributed by atoms with Gasteiger partial charge in [0.15, 0.2) is 5.52 Å². The summed E-state index contributed by atoms with van der Waals surface area (Å²) >= 11 is 0. The lowest BCUT2D eigenvalue weighted by molar-refractivity contribution is -0.383. The average Bonchev–Trinajstić information content (AvgIpc) is 2.76. The molecule has 102 valence electrons. The molecule has 0 saturated carbocycles. The van der Waals surface area contributed by atoms with Gasteiger partial charge >= 0.3 is 5.69 Å². The highest BCUT2D eigenvalue weighted by atomic mass is 32.2. The van der Waals surface area contributed by atoms with E-state index >= 15 is 0 Å². The second-order valence-corrected chi connectivity index (χ2v) is 5.14. The van der Waals surface area contributed by atoms with Gasteiger partial charge in [0.25, 0.3) is 10.1 Å². The van der Waals surface area contributed by atoms with Gasteiger partial charge in [-0.25, -0.2) is 4.63 Å². The third-order valence-electron chi connectivity index (χ3n) is 2.27. The molecule has 0 saturated heterocycles. The topological polar surface area (TPSA) is 148 Å². The van der Waals surface area contributed by atoms with Gasteiger partial charge in [0.2, 0.25) is 5.52 Å². The Kier molecular flexibility index (Phi) is 3.31. The van der Waals surface area contributed by atoms with Gasteiger partial charge in [0, 0.05) is 12.6 Å². The molecule has 11 heteroatoms. The molecule has 0 radical (unpaired) electrons. The summed E-state index contributed by atoms with van der Waals surface area (Å²) in [4.78, 5) is 10.1. The van der Waals surface area contributed by atoms with Crippen molar-refractivity contribution in [2.45, 2.75) is 0 Å². The molecule has 19 heavy (non-hydrogen) atoms. The van der Waals surface area contributed by atoms with Crippen molar-refractivity contribution >= 4 is 32.5 Å². The van der Waals surface area contributed by atoms with E-state index in [2.05, 4.69) is 20.3 Å². The third kappa shape index (κ3) is 2.95. The summed E-state index contributed by atoms with van der Waals surface area (Å²) in [6.45, 7) is -0.0847. The second kappa shape index (κ2) is 4.78. The lowest BCUT2D eigenvalue weighted by atomic mass is 10.2. The number of anilines is 1. The molecule has 0 amide bonds. The van der Waals surface area contributed by atoms with E-state index in [1.54, 1.807) is 0 Å².